The van der Waals surface area contributed by atoms with Crippen LogP contribution in [0.3, 0.4) is 0 Å². The van der Waals surface area contributed by atoms with Crippen molar-refractivity contribution >= 4 is 11.7 Å². The number of aliphatic hydroxyl groups excluding tert-OH is 3. The summed E-state index contributed by atoms with van der Waals surface area (Å²) in [4.78, 5) is 25.1. The molecule has 202 valence electrons. The largest absolute Gasteiger partial charge is 0.391 e. The van der Waals surface area contributed by atoms with Crippen LogP contribution in [-0.2, 0) is 9.59 Å². The Balaban J connectivity index is 1.58. The number of ketones is 1. The van der Waals surface area contributed by atoms with Gasteiger partial charge in [0.15, 0.2) is 5.78 Å². The van der Waals surface area contributed by atoms with Crippen molar-refractivity contribution in [3.63, 3.8) is 0 Å². The Kier molecular flexibility index (Phi) is 8.88. The maximum Gasteiger partial charge on any atom is 0.243 e. The highest BCUT2D eigenvalue weighted by Crippen LogP contribution is 2.57. The molecule has 4 rings (SSSR count). The van der Waals surface area contributed by atoms with Crippen molar-refractivity contribution in [3.05, 3.63) is 60.9 Å². The van der Waals surface area contributed by atoms with Gasteiger partial charge in [-0.25, -0.2) is 0 Å². The number of carbonyl (C=O) groups is 2. The van der Waals surface area contributed by atoms with Crippen LogP contribution in [0.2, 0.25) is 0 Å². The lowest BCUT2D eigenvalue weighted by molar-refractivity contribution is -0.119. The summed E-state index contributed by atoms with van der Waals surface area (Å²) >= 11 is 0. The number of amides is 1. The van der Waals surface area contributed by atoms with Crippen LogP contribution in [0, 0.1) is 41.4 Å². The van der Waals surface area contributed by atoms with E-state index in [4.69, 9.17) is 0 Å². The zero-order valence-electron chi connectivity index (χ0n) is 21.9. The van der Waals surface area contributed by atoms with Crippen molar-refractivity contribution in [1.82, 2.24) is 10.6 Å². The number of aliphatic hydroxyl groups is 3. The first-order valence-electron chi connectivity index (χ1n) is 13.7. The molecule has 4 aliphatic rings. The van der Waals surface area contributed by atoms with E-state index in [1.165, 1.54) is 18.6 Å². The maximum absolute atomic E-state index is 12.8. The topological polar surface area (TPSA) is 119 Å². The van der Waals surface area contributed by atoms with Gasteiger partial charge in [-0.3, -0.25) is 9.59 Å². The monoisotopic (exact) mass is 510 g/mol. The highest BCUT2D eigenvalue weighted by Gasteiger charge is 2.52. The van der Waals surface area contributed by atoms with Crippen molar-refractivity contribution in [2.45, 2.75) is 63.9 Å². The van der Waals surface area contributed by atoms with Gasteiger partial charge in [0.05, 0.1) is 30.3 Å². The molecule has 0 spiro atoms. The first-order chi connectivity index (χ1) is 17.7. The summed E-state index contributed by atoms with van der Waals surface area (Å²) < 4.78 is 0. The van der Waals surface area contributed by atoms with Crippen molar-refractivity contribution < 1.29 is 24.9 Å². The van der Waals surface area contributed by atoms with Crippen molar-refractivity contribution in [2.24, 2.45) is 41.4 Å². The van der Waals surface area contributed by atoms with Crippen molar-refractivity contribution in [3.8, 4) is 0 Å². The zero-order chi connectivity index (χ0) is 26.7. The fourth-order valence-corrected chi connectivity index (χ4v) is 7.40. The van der Waals surface area contributed by atoms with Gasteiger partial charge in [-0.1, -0.05) is 63.3 Å². The molecule has 11 unspecified atom stereocenters. The summed E-state index contributed by atoms with van der Waals surface area (Å²) in [6.45, 7) is 8.66. The van der Waals surface area contributed by atoms with Gasteiger partial charge in [0, 0.05) is 18.3 Å². The number of nitrogens with one attached hydrogen (secondary N) is 2. The highest BCUT2D eigenvalue weighted by molar-refractivity contribution is 5.94. The predicted molar refractivity (Wildman–Crippen MR) is 143 cm³/mol. The van der Waals surface area contributed by atoms with Crippen molar-refractivity contribution in [1.29, 1.82) is 0 Å². The third kappa shape index (κ3) is 5.84. The standard InChI is InChI=1S/C30H42N2O5/c1-4-19-15-21-16-20-9-5-8-12-25(36)31-14-13-24(35)29-30(37)27(18(3)32-29)22(33)10-6-7-11-23(34)28(20)26(21)17(19)2/h5-12,17,19-21,23-24,26-30,32,34-35,37H,3-4,13-16H2,1-2H3,(H,31,36). The van der Waals surface area contributed by atoms with E-state index in [0.717, 1.165) is 12.8 Å². The fourth-order valence-electron chi connectivity index (χ4n) is 7.40. The summed E-state index contributed by atoms with van der Waals surface area (Å²) in [5, 5.41) is 38.2. The second-order valence-corrected chi connectivity index (χ2v) is 11.3. The first kappa shape index (κ1) is 27.6. The molecular weight excluding hydrogens is 468 g/mol. The number of carbonyl (C=O) groups excluding carboxylic acids is 2. The van der Waals surface area contributed by atoms with E-state index < -0.39 is 30.3 Å². The summed E-state index contributed by atoms with van der Waals surface area (Å²) in [6.07, 6.45) is 14.5. The van der Waals surface area contributed by atoms with Gasteiger partial charge in [-0.05, 0) is 60.8 Å². The molecule has 0 aromatic rings. The normalized spacial score (nSPS) is 42.8. The molecule has 37 heavy (non-hydrogen) atoms. The SMILES string of the molecule is C=C1NC2C(O)CCNC(=O)C=CC=CC3CC4CC(CC)C(C)C4C3C(O)C=CC=CC(=O)C1C2O. The Hall–Kier alpha value is -2.48. The predicted octanol–water partition coefficient (Wildman–Crippen LogP) is 2.42. The van der Waals surface area contributed by atoms with Gasteiger partial charge in [-0.15, -0.1) is 0 Å². The lowest BCUT2D eigenvalue weighted by Gasteiger charge is -2.30. The van der Waals surface area contributed by atoms with Crippen LogP contribution < -0.4 is 10.6 Å². The molecule has 3 fully saturated rings. The zero-order valence-corrected chi connectivity index (χ0v) is 21.9. The second-order valence-electron chi connectivity index (χ2n) is 11.3. The Bertz CT molecular complexity index is 984. The van der Waals surface area contributed by atoms with Gasteiger partial charge < -0.3 is 26.0 Å². The molecule has 2 aliphatic heterocycles. The molecule has 2 bridgehead atoms. The minimum absolute atomic E-state index is 0.0730. The summed E-state index contributed by atoms with van der Waals surface area (Å²) in [5.41, 5.74) is 0.361. The van der Waals surface area contributed by atoms with Gasteiger partial charge in [0.1, 0.15) is 0 Å². The molecule has 5 N–H and O–H groups in total. The van der Waals surface area contributed by atoms with Crippen LogP contribution in [0.25, 0.3) is 0 Å². The third-order valence-corrected chi connectivity index (χ3v) is 9.23. The molecule has 0 aromatic carbocycles. The van der Waals surface area contributed by atoms with Crippen LogP contribution in [0.1, 0.15) is 39.5 Å². The minimum atomic E-state index is -1.13. The smallest absolute Gasteiger partial charge is 0.243 e. The molecule has 1 amide bonds. The number of allylic oxidation sites excluding steroid dienone is 6. The lowest BCUT2D eigenvalue weighted by Crippen LogP contribution is -2.44. The fraction of sp³-hybridized carbons (Fsp3) is 0.600. The average molecular weight is 511 g/mol. The van der Waals surface area contributed by atoms with E-state index in [9.17, 15) is 24.9 Å². The second kappa shape index (κ2) is 11.9. The molecular formula is C30H42N2O5. The third-order valence-electron chi connectivity index (χ3n) is 9.23. The quantitative estimate of drug-likeness (QED) is 0.370. The van der Waals surface area contributed by atoms with E-state index in [0.29, 0.717) is 29.4 Å². The Morgan fingerprint density at radius 3 is 2.49 bits per heavy atom. The van der Waals surface area contributed by atoms with Crippen LogP contribution in [-0.4, -0.2) is 57.9 Å². The summed E-state index contributed by atoms with van der Waals surface area (Å²) in [7, 11) is 0. The highest BCUT2D eigenvalue weighted by atomic mass is 16.3. The van der Waals surface area contributed by atoms with Crippen molar-refractivity contribution in [2.75, 3.05) is 6.54 Å². The minimum Gasteiger partial charge on any atom is -0.391 e. The molecule has 2 aliphatic carbocycles. The van der Waals surface area contributed by atoms with Crippen LogP contribution in [0.5, 0.6) is 0 Å². The van der Waals surface area contributed by atoms with Gasteiger partial charge >= 0.3 is 0 Å². The Morgan fingerprint density at radius 2 is 1.73 bits per heavy atom. The lowest BCUT2D eigenvalue weighted by atomic mass is 9.76. The number of hydrogen-bond acceptors (Lipinski definition) is 6. The molecule has 2 heterocycles. The maximum atomic E-state index is 12.8. The van der Waals surface area contributed by atoms with Crippen LogP contribution in [0.15, 0.2) is 60.9 Å². The molecule has 1 saturated heterocycles. The van der Waals surface area contributed by atoms with E-state index in [2.05, 4.69) is 37.1 Å². The van der Waals surface area contributed by atoms with E-state index in [1.54, 1.807) is 24.3 Å². The number of fused-ring (bicyclic) bond motifs is 5. The molecule has 0 aromatic heterocycles. The molecule has 7 heteroatoms. The summed E-state index contributed by atoms with van der Waals surface area (Å²) in [6, 6.07) is -0.749. The van der Waals surface area contributed by atoms with Gasteiger partial charge in [0.25, 0.3) is 0 Å². The Morgan fingerprint density at radius 1 is 1.00 bits per heavy atom. The summed E-state index contributed by atoms with van der Waals surface area (Å²) in [5.74, 6) is 1.05. The molecule has 7 nitrogen and oxygen atoms in total. The van der Waals surface area contributed by atoms with Gasteiger partial charge in [-0.2, -0.15) is 0 Å². The van der Waals surface area contributed by atoms with Crippen LogP contribution >= 0.6 is 0 Å². The molecule has 2 saturated carbocycles. The molecule has 11 atom stereocenters. The van der Waals surface area contributed by atoms with E-state index in [-0.39, 0.29) is 36.5 Å². The van der Waals surface area contributed by atoms with Gasteiger partial charge in [0.2, 0.25) is 5.91 Å². The number of rotatable bonds is 1. The van der Waals surface area contributed by atoms with E-state index in [1.807, 2.05) is 6.08 Å². The molecule has 0 radical (unpaired) electrons. The van der Waals surface area contributed by atoms with E-state index >= 15 is 0 Å². The van der Waals surface area contributed by atoms with Crippen LogP contribution in [0.4, 0.5) is 0 Å². The number of hydrogen-bond donors (Lipinski definition) is 5. The Labute approximate surface area is 220 Å². The first-order valence-corrected chi connectivity index (χ1v) is 13.7. The average Bonchev–Trinajstić information content (AvgIpc) is 3.48.